The average molecular weight is 1420 g/mol. The van der Waals surface area contributed by atoms with Crippen molar-refractivity contribution in [2.75, 3.05) is 33.5 Å². The van der Waals surface area contributed by atoms with E-state index < -0.39 is 11.9 Å². The summed E-state index contributed by atoms with van der Waals surface area (Å²) in [7, 11) is 1.60. The van der Waals surface area contributed by atoms with E-state index in [1.54, 1.807) is 31.4 Å². The summed E-state index contributed by atoms with van der Waals surface area (Å²) in [6, 6.07) is 16.8. The zero-order valence-electron chi connectivity index (χ0n) is 65.9. The van der Waals surface area contributed by atoms with Crippen LogP contribution in [0.2, 0.25) is 0 Å². The highest BCUT2D eigenvalue weighted by Crippen LogP contribution is 2.37. The fourth-order valence-electron chi connectivity index (χ4n) is 14.3. The number of hydrogen-bond donors (Lipinski definition) is 2. The molecule has 0 spiro atoms. The van der Waals surface area contributed by atoms with Crippen LogP contribution in [0.25, 0.3) is 34.2 Å². The van der Waals surface area contributed by atoms with Gasteiger partial charge >= 0.3 is 11.9 Å². The van der Waals surface area contributed by atoms with Crippen LogP contribution < -0.4 is 14.2 Å². The first kappa shape index (κ1) is 89.0. The molecule has 578 valence electrons. The van der Waals surface area contributed by atoms with Crippen molar-refractivity contribution in [2.24, 2.45) is 11.8 Å². The molecular weight excluding hydrogens is 1270 g/mol. The molecule has 4 aromatic rings. The van der Waals surface area contributed by atoms with E-state index in [1.165, 1.54) is 320 Å². The molecule has 0 radical (unpaired) electrons. The summed E-state index contributed by atoms with van der Waals surface area (Å²) in [6.07, 6.45) is 73.2. The molecule has 0 aliphatic heterocycles. The van der Waals surface area contributed by atoms with Crippen molar-refractivity contribution in [3.05, 3.63) is 60.7 Å². The average Bonchev–Trinajstić information content (AvgIpc) is 0.801. The lowest BCUT2D eigenvalue weighted by Crippen LogP contribution is -2.19. The molecule has 0 saturated heterocycles. The molecule has 0 bridgehead atoms. The lowest BCUT2D eigenvalue weighted by atomic mass is 9.94. The number of nitrogens with zero attached hydrogens (tertiary/aromatic N) is 3. The number of phenolic OH excluding ortho intramolecular Hbond substituents is 2. The van der Waals surface area contributed by atoms with Crippen LogP contribution >= 0.6 is 0 Å². The van der Waals surface area contributed by atoms with E-state index in [9.17, 15) is 19.8 Å². The van der Waals surface area contributed by atoms with Gasteiger partial charge in [-0.05, 0) is 86.1 Å². The van der Waals surface area contributed by atoms with Gasteiger partial charge in [-0.3, -0.25) is 0 Å². The third kappa shape index (κ3) is 44.4. The number of hydrogen-bond acceptors (Lipinski definition) is 12. The van der Waals surface area contributed by atoms with Gasteiger partial charge in [-0.1, -0.05) is 362 Å². The number of ether oxygens (including phenoxy) is 5. The van der Waals surface area contributed by atoms with Crippen molar-refractivity contribution in [1.82, 2.24) is 15.0 Å². The number of carbonyl (C=O) groups excluding carboxylic acids is 2. The van der Waals surface area contributed by atoms with Crippen LogP contribution in [0.5, 0.6) is 28.7 Å². The van der Waals surface area contributed by atoms with Gasteiger partial charge in [0.25, 0.3) is 0 Å². The van der Waals surface area contributed by atoms with Crippen molar-refractivity contribution >= 4 is 11.9 Å². The second kappa shape index (κ2) is 61.9. The van der Waals surface area contributed by atoms with Crippen molar-refractivity contribution in [2.45, 2.75) is 387 Å². The summed E-state index contributed by atoms with van der Waals surface area (Å²) in [5, 5.41) is 23.2. The normalized spacial score (nSPS) is 12.0. The zero-order valence-corrected chi connectivity index (χ0v) is 65.9. The Morgan fingerprint density at radius 1 is 0.314 bits per heavy atom. The van der Waals surface area contributed by atoms with Crippen LogP contribution in [-0.4, -0.2) is 70.6 Å². The maximum atomic E-state index is 13.3. The van der Waals surface area contributed by atoms with Crippen LogP contribution in [0, 0.1) is 11.8 Å². The van der Waals surface area contributed by atoms with E-state index in [0.717, 1.165) is 51.4 Å². The Morgan fingerprint density at radius 2 is 0.549 bits per heavy atom. The van der Waals surface area contributed by atoms with E-state index in [1.807, 2.05) is 24.3 Å². The first-order valence-electron chi connectivity index (χ1n) is 42.8. The summed E-state index contributed by atoms with van der Waals surface area (Å²) in [4.78, 5) is 41.0. The molecule has 1 heterocycles. The van der Waals surface area contributed by atoms with E-state index in [0.29, 0.717) is 64.8 Å². The van der Waals surface area contributed by atoms with Crippen LogP contribution in [0.4, 0.5) is 0 Å². The summed E-state index contributed by atoms with van der Waals surface area (Å²) in [6.45, 7) is 9.32. The smallest absolute Gasteiger partial charge is 0.344 e. The molecule has 1 aromatic heterocycles. The molecule has 0 amide bonds. The minimum atomic E-state index is -0.434. The first-order valence-corrected chi connectivity index (χ1v) is 42.8. The highest BCUT2D eigenvalue weighted by Gasteiger charge is 2.21. The number of benzene rings is 3. The summed E-state index contributed by atoms with van der Waals surface area (Å²) in [5.41, 5.74) is 1.24. The Labute approximate surface area is 623 Å². The SMILES string of the molecule is CCCCCCCCCCCCCCCCC(CCCCCCCCCCCCCC)COC(=O)COc1ccc(-c2nc(-c3ccc(OC)cc3)nc(-c3ccc(OCC(=O)OCC(CCCCCCCCCCCCCC)CCCCCCCCCCCCCCCC)cc3O)n2)c(O)c1. The van der Waals surface area contributed by atoms with Crippen molar-refractivity contribution in [1.29, 1.82) is 0 Å². The predicted octanol–water partition coefficient (Wildman–Crippen LogP) is 27.3. The van der Waals surface area contributed by atoms with Gasteiger partial charge in [-0.15, -0.1) is 0 Å². The summed E-state index contributed by atoms with van der Waals surface area (Å²) < 4.78 is 29.2. The second-order valence-electron chi connectivity index (χ2n) is 30.2. The Morgan fingerprint density at radius 3 is 0.794 bits per heavy atom. The molecule has 0 aliphatic carbocycles. The lowest BCUT2D eigenvalue weighted by molar-refractivity contribution is -0.148. The monoisotopic (exact) mass is 1420 g/mol. The van der Waals surface area contributed by atoms with Crippen molar-refractivity contribution in [3.8, 4) is 62.9 Å². The molecule has 2 unspecified atom stereocenters. The van der Waals surface area contributed by atoms with Gasteiger partial charge in [0.2, 0.25) is 0 Å². The third-order valence-electron chi connectivity index (χ3n) is 20.9. The molecule has 12 heteroatoms. The maximum absolute atomic E-state index is 13.3. The number of aromatic hydroxyl groups is 2. The zero-order chi connectivity index (χ0) is 72.8. The Bertz CT molecular complexity index is 2500. The Kier molecular flexibility index (Phi) is 54.0. The molecule has 4 rings (SSSR count). The Hall–Kier alpha value is -5.39. The fraction of sp³-hybridized carbons (Fsp3) is 0.744. The summed E-state index contributed by atoms with van der Waals surface area (Å²) >= 11 is 0. The number of carbonyl (C=O) groups is 2. The number of unbranched alkanes of at least 4 members (excludes halogenated alkanes) is 48. The molecule has 0 aliphatic rings. The highest BCUT2D eigenvalue weighted by molar-refractivity contribution is 5.74. The predicted molar refractivity (Wildman–Crippen MR) is 427 cm³/mol. The second-order valence-corrected chi connectivity index (χ2v) is 30.2. The van der Waals surface area contributed by atoms with Gasteiger partial charge in [0.1, 0.15) is 28.7 Å². The van der Waals surface area contributed by atoms with Crippen LogP contribution in [0.1, 0.15) is 387 Å². The largest absolute Gasteiger partial charge is 0.507 e. The Balaban J connectivity index is 1.32. The van der Waals surface area contributed by atoms with Crippen molar-refractivity contribution in [3.63, 3.8) is 0 Å². The molecule has 3 aromatic carbocycles. The van der Waals surface area contributed by atoms with E-state index in [2.05, 4.69) is 27.7 Å². The molecule has 2 N–H and O–H groups in total. The number of phenols is 2. The molecule has 0 saturated carbocycles. The highest BCUT2D eigenvalue weighted by atomic mass is 16.6. The summed E-state index contributed by atoms with van der Waals surface area (Å²) in [5.74, 6) is 1.28. The van der Waals surface area contributed by atoms with Crippen LogP contribution in [-0.2, 0) is 19.1 Å². The standard InChI is InChI=1S/C90H149N3O9/c1-6-10-14-18-22-26-30-34-36-40-44-48-52-56-60-76(58-54-50-46-42-38-32-28-24-20-16-12-8-3)72-101-86(96)74-99-80-66-68-82(84(94)70-80)89-91-88(78-62-64-79(98-5)65-63-78)92-90(93-89)83-69-67-81(71-85(83)95)100-75-87(97)102-73-77(59-55-51-47-43-39-33-29-25-21-17-13-9-4)61-57-53-49-45-41-37-35-31-27-23-19-15-11-7-2/h62-71,76-77,94-95H,6-61,72-75H2,1-5H3. The van der Waals surface area contributed by atoms with Gasteiger partial charge in [-0.25, -0.2) is 24.5 Å². The van der Waals surface area contributed by atoms with E-state index >= 15 is 0 Å². The molecule has 12 nitrogen and oxygen atoms in total. The lowest BCUT2D eigenvalue weighted by Gasteiger charge is -2.17. The van der Waals surface area contributed by atoms with Crippen molar-refractivity contribution < 1.29 is 43.5 Å². The maximum Gasteiger partial charge on any atom is 0.344 e. The fourth-order valence-corrected chi connectivity index (χ4v) is 14.3. The van der Waals surface area contributed by atoms with Gasteiger partial charge in [0, 0.05) is 17.7 Å². The molecule has 0 fully saturated rings. The molecule has 2 atom stereocenters. The molecule has 102 heavy (non-hydrogen) atoms. The molecular formula is C90H149N3O9. The number of methoxy groups -OCH3 is 1. The topological polar surface area (TPSA) is 159 Å². The number of rotatable bonds is 70. The number of esters is 2. The third-order valence-corrected chi connectivity index (χ3v) is 20.9. The minimum Gasteiger partial charge on any atom is -0.507 e. The van der Waals surface area contributed by atoms with E-state index in [4.69, 9.17) is 38.6 Å². The minimum absolute atomic E-state index is 0.149. The first-order chi connectivity index (χ1) is 50.2. The van der Waals surface area contributed by atoms with Gasteiger partial charge in [0.05, 0.1) is 31.5 Å². The number of aromatic nitrogens is 3. The van der Waals surface area contributed by atoms with Crippen LogP contribution in [0.3, 0.4) is 0 Å². The van der Waals surface area contributed by atoms with E-state index in [-0.39, 0.29) is 36.4 Å². The van der Waals surface area contributed by atoms with Gasteiger partial charge in [-0.2, -0.15) is 0 Å². The van der Waals surface area contributed by atoms with Gasteiger partial charge in [0.15, 0.2) is 30.7 Å². The van der Waals surface area contributed by atoms with Crippen LogP contribution in [0.15, 0.2) is 60.7 Å². The van der Waals surface area contributed by atoms with Gasteiger partial charge < -0.3 is 33.9 Å². The quantitative estimate of drug-likeness (QED) is 0.0319.